The number of halogens is 3. The van der Waals surface area contributed by atoms with Gasteiger partial charge in [0.25, 0.3) is 5.91 Å². The number of pyridine rings is 2. The van der Waals surface area contributed by atoms with Crippen LogP contribution in [0.15, 0.2) is 30.5 Å². The third-order valence-electron chi connectivity index (χ3n) is 7.02. The zero-order valence-electron chi connectivity index (χ0n) is 20.7. The van der Waals surface area contributed by atoms with E-state index in [0.29, 0.717) is 43.2 Å². The normalized spacial score (nSPS) is 20.9. The van der Waals surface area contributed by atoms with Gasteiger partial charge < -0.3 is 26.2 Å². The Morgan fingerprint density at radius 3 is 2.61 bits per heavy atom. The van der Waals surface area contributed by atoms with Crippen molar-refractivity contribution in [3.8, 4) is 11.3 Å². The number of anilines is 2. The summed E-state index contributed by atoms with van der Waals surface area (Å²) in [6, 6.07) is 3.73. The molecule has 0 bridgehead atoms. The van der Waals surface area contributed by atoms with E-state index < -0.39 is 47.3 Å². The number of hydrogen-bond donors (Lipinski definition) is 4. The van der Waals surface area contributed by atoms with Crippen molar-refractivity contribution in [3.63, 3.8) is 0 Å². The van der Waals surface area contributed by atoms with Crippen LogP contribution in [-0.2, 0) is 13.0 Å². The second-order valence-electron chi connectivity index (χ2n) is 10.0. The summed E-state index contributed by atoms with van der Waals surface area (Å²) >= 11 is 0. The summed E-state index contributed by atoms with van der Waals surface area (Å²) in [7, 11) is 0. The number of nitrogens with zero attached hydrogens (tertiary/aromatic N) is 3. The summed E-state index contributed by atoms with van der Waals surface area (Å²) < 4.78 is 43.9. The molecular formula is C27H28F3N5O3. The van der Waals surface area contributed by atoms with Crippen LogP contribution < -0.4 is 16.0 Å². The summed E-state index contributed by atoms with van der Waals surface area (Å²) in [4.78, 5) is 23.7. The van der Waals surface area contributed by atoms with E-state index >= 15 is 0 Å². The lowest BCUT2D eigenvalue weighted by Gasteiger charge is -2.38. The number of benzene rings is 1. The summed E-state index contributed by atoms with van der Waals surface area (Å²) in [6.07, 6.45) is 2.71. The van der Waals surface area contributed by atoms with Gasteiger partial charge in [0.15, 0.2) is 0 Å². The molecule has 200 valence electrons. The Morgan fingerprint density at radius 2 is 1.92 bits per heavy atom. The molecule has 1 aliphatic heterocycles. The molecule has 1 aliphatic carbocycles. The number of carbonyl (C=O) groups is 1. The Morgan fingerprint density at radius 1 is 1.18 bits per heavy atom. The predicted octanol–water partition coefficient (Wildman–Crippen LogP) is 3.46. The van der Waals surface area contributed by atoms with Crippen LogP contribution in [0.5, 0.6) is 0 Å². The van der Waals surface area contributed by atoms with Crippen LogP contribution >= 0.6 is 0 Å². The van der Waals surface area contributed by atoms with Crippen LogP contribution in [-0.4, -0.2) is 45.2 Å². The molecule has 38 heavy (non-hydrogen) atoms. The van der Waals surface area contributed by atoms with Gasteiger partial charge in [0.05, 0.1) is 41.5 Å². The van der Waals surface area contributed by atoms with Crippen molar-refractivity contribution in [2.75, 3.05) is 23.3 Å². The van der Waals surface area contributed by atoms with E-state index in [2.05, 4.69) is 27.1 Å². The maximum absolute atomic E-state index is 14.6. The van der Waals surface area contributed by atoms with Gasteiger partial charge in [0.1, 0.15) is 28.8 Å². The highest BCUT2D eigenvalue weighted by Crippen LogP contribution is 2.41. The molecule has 3 heterocycles. The predicted molar refractivity (Wildman–Crippen MR) is 135 cm³/mol. The highest BCUT2D eigenvalue weighted by Gasteiger charge is 2.32. The molecule has 8 nitrogen and oxygen atoms in total. The number of piperidine rings is 1. The van der Waals surface area contributed by atoms with Crippen molar-refractivity contribution in [2.45, 2.75) is 44.9 Å². The smallest absolute Gasteiger partial charge is 0.274 e. The molecule has 1 saturated heterocycles. The summed E-state index contributed by atoms with van der Waals surface area (Å²) in [6.45, 7) is 2.75. The molecule has 2 aliphatic rings. The molecule has 3 atom stereocenters. The first-order chi connectivity index (χ1) is 18.2. The van der Waals surface area contributed by atoms with E-state index in [4.69, 9.17) is 5.73 Å². The standard InChI is InChI=1S/C27H28F3N5O3/c1-13-6-15(31)11-35(10-13)26-16-2-5-22(37)24(16)32-9-21(26)34-27(38)20-4-3-17(28)25(33-20)23-18(29)7-14(12-36)8-19(23)30/h3-4,7-9,13,15,22,36-37H,2,5-6,10-12,31H2,1H3,(H,34,38)/t13-,15+,22?/m1/s1. The maximum atomic E-state index is 14.6. The summed E-state index contributed by atoms with van der Waals surface area (Å²) in [5, 5.41) is 22.3. The van der Waals surface area contributed by atoms with Crippen molar-refractivity contribution >= 4 is 17.3 Å². The lowest BCUT2D eigenvalue weighted by molar-refractivity contribution is 0.102. The number of hydrogen-bond acceptors (Lipinski definition) is 7. The second kappa shape index (κ2) is 10.3. The molecule has 0 saturated carbocycles. The maximum Gasteiger partial charge on any atom is 0.274 e. The molecular weight excluding hydrogens is 499 g/mol. The van der Waals surface area contributed by atoms with Crippen LogP contribution in [0, 0.1) is 23.4 Å². The lowest BCUT2D eigenvalue weighted by atomic mass is 9.95. The van der Waals surface area contributed by atoms with E-state index in [0.717, 1.165) is 41.9 Å². The minimum Gasteiger partial charge on any atom is -0.392 e. The molecule has 1 amide bonds. The Hall–Kier alpha value is -3.54. The molecule has 0 spiro atoms. The number of aliphatic hydroxyl groups is 2. The zero-order valence-corrected chi connectivity index (χ0v) is 20.7. The van der Waals surface area contributed by atoms with E-state index in [1.54, 1.807) is 0 Å². The van der Waals surface area contributed by atoms with Crippen molar-refractivity contribution in [2.24, 2.45) is 11.7 Å². The number of nitrogens with one attached hydrogen (secondary N) is 1. The van der Waals surface area contributed by atoms with Crippen LogP contribution in [0.25, 0.3) is 11.3 Å². The van der Waals surface area contributed by atoms with Gasteiger partial charge in [-0.05, 0) is 55.0 Å². The van der Waals surface area contributed by atoms with Gasteiger partial charge in [-0.25, -0.2) is 18.2 Å². The third kappa shape index (κ3) is 4.84. The van der Waals surface area contributed by atoms with E-state index in [1.807, 2.05) is 0 Å². The van der Waals surface area contributed by atoms with Crippen molar-refractivity contribution in [1.29, 1.82) is 0 Å². The van der Waals surface area contributed by atoms with Gasteiger partial charge in [-0.3, -0.25) is 9.78 Å². The SMILES string of the molecule is C[C@@H]1C[C@H](N)CN(c2c(NC(=O)c3ccc(F)c(-c4c(F)cc(CO)cc4F)n3)cnc3c2CCC3O)C1. The fourth-order valence-corrected chi connectivity index (χ4v) is 5.42. The Bertz CT molecular complexity index is 1370. The zero-order chi connectivity index (χ0) is 27.1. The largest absolute Gasteiger partial charge is 0.392 e. The molecule has 5 rings (SSSR count). The van der Waals surface area contributed by atoms with Crippen LogP contribution in [0.3, 0.4) is 0 Å². The van der Waals surface area contributed by atoms with Gasteiger partial charge in [0.2, 0.25) is 0 Å². The molecule has 2 aromatic heterocycles. The molecule has 3 aromatic rings. The Kier molecular flexibility index (Phi) is 7.08. The van der Waals surface area contributed by atoms with Crippen molar-refractivity contribution < 1.29 is 28.2 Å². The quantitative estimate of drug-likeness (QED) is 0.401. The average molecular weight is 528 g/mol. The first kappa shape index (κ1) is 26.1. The van der Waals surface area contributed by atoms with E-state index in [9.17, 15) is 28.2 Å². The fourth-order valence-electron chi connectivity index (χ4n) is 5.42. The molecule has 5 N–H and O–H groups in total. The topological polar surface area (TPSA) is 125 Å². The molecule has 1 unspecified atom stereocenters. The minimum atomic E-state index is -1.11. The first-order valence-corrected chi connectivity index (χ1v) is 12.4. The Labute approximate surface area is 217 Å². The number of rotatable bonds is 5. The molecule has 1 aromatic carbocycles. The number of nitrogens with two attached hydrogens (primary N) is 1. The minimum absolute atomic E-state index is 0.0217. The van der Waals surface area contributed by atoms with Gasteiger partial charge in [-0.15, -0.1) is 0 Å². The third-order valence-corrected chi connectivity index (χ3v) is 7.02. The van der Waals surface area contributed by atoms with Gasteiger partial charge in [-0.2, -0.15) is 0 Å². The summed E-state index contributed by atoms with van der Waals surface area (Å²) in [5.74, 6) is -3.66. The highest BCUT2D eigenvalue weighted by molar-refractivity contribution is 6.05. The number of aliphatic hydroxyl groups excluding tert-OH is 2. The van der Waals surface area contributed by atoms with Crippen molar-refractivity contribution in [1.82, 2.24) is 9.97 Å². The van der Waals surface area contributed by atoms with Gasteiger partial charge in [0, 0.05) is 24.7 Å². The van der Waals surface area contributed by atoms with Crippen LogP contribution in [0.4, 0.5) is 24.5 Å². The van der Waals surface area contributed by atoms with Gasteiger partial charge in [-0.1, -0.05) is 6.92 Å². The van der Waals surface area contributed by atoms with Crippen LogP contribution in [0.1, 0.15) is 53.2 Å². The molecule has 0 radical (unpaired) electrons. The van der Waals surface area contributed by atoms with E-state index in [-0.39, 0.29) is 17.3 Å². The van der Waals surface area contributed by atoms with Crippen LogP contribution in [0.2, 0.25) is 0 Å². The molecule has 11 heteroatoms. The number of amides is 1. The number of aromatic nitrogens is 2. The second-order valence-corrected chi connectivity index (χ2v) is 10.0. The molecule has 1 fully saturated rings. The Balaban J connectivity index is 1.51. The lowest BCUT2D eigenvalue weighted by Crippen LogP contribution is -2.47. The van der Waals surface area contributed by atoms with Crippen molar-refractivity contribution in [3.05, 3.63) is 70.4 Å². The fraction of sp³-hybridized carbons (Fsp3) is 0.370. The highest BCUT2D eigenvalue weighted by atomic mass is 19.1. The van der Waals surface area contributed by atoms with Gasteiger partial charge >= 0.3 is 0 Å². The number of carbonyl (C=O) groups excluding carboxylic acids is 1. The first-order valence-electron chi connectivity index (χ1n) is 12.4. The summed E-state index contributed by atoms with van der Waals surface area (Å²) in [5.41, 5.74) is 7.09. The number of fused-ring (bicyclic) bond motifs is 1. The average Bonchev–Trinajstić information content (AvgIpc) is 3.24. The van der Waals surface area contributed by atoms with E-state index in [1.165, 1.54) is 6.20 Å². The monoisotopic (exact) mass is 527 g/mol.